The molecule has 5 heteroatoms. The highest BCUT2D eigenvalue weighted by Gasteiger charge is 2.27. The second kappa shape index (κ2) is 7.18. The topological polar surface area (TPSA) is 35.5 Å². The van der Waals surface area contributed by atoms with E-state index in [-0.39, 0.29) is 17.7 Å². The maximum absolute atomic E-state index is 14.3. The summed E-state index contributed by atoms with van der Waals surface area (Å²) in [4.78, 5) is 1.70. The molecule has 2 N–H and O–H groups in total. The average molecular weight is 298 g/mol. The molecule has 1 aromatic carbocycles. The van der Waals surface area contributed by atoms with Crippen LogP contribution in [-0.2, 0) is 6.54 Å². The normalized spacial score (nSPS) is 22.6. The van der Waals surface area contributed by atoms with E-state index in [1.165, 1.54) is 12.1 Å². The lowest BCUT2D eigenvalue weighted by atomic mass is 9.96. The van der Waals surface area contributed by atoms with Gasteiger partial charge in [-0.2, -0.15) is 0 Å². The number of aliphatic hydroxyl groups is 1. The van der Waals surface area contributed by atoms with Crippen LogP contribution in [0.2, 0.25) is 0 Å². The van der Waals surface area contributed by atoms with Gasteiger partial charge >= 0.3 is 0 Å². The second-order valence-electron chi connectivity index (χ2n) is 5.86. The van der Waals surface area contributed by atoms with E-state index in [1.807, 2.05) is 13.8 Å². The Labute approximate surface area is 125 Å². The molecule has 118 valence electrons. The summed E-state index contributed by atoms with van der Waals surface area (Å²) in [6, 6.07) is 2.80. The van der Waals surface area contributed by atoms with Crippen molar-refractivity contribution in [1.29, 1.82) is 0 Å². The van der Waals surface area contributed by atoms with Crippen LogP contribution in [0.4, 0.5) is 14.5 Å². The predicted octanol–water partition coefficient (Wildman–Crippen LogP) is 2.67. The molecule has 0 saturated carbocycles. The molecule has 0 aromatic heterocycles. The summed E-state index contributed by atoms with van der Waals surface area (Å²) in [6.07, 6.45) is 1.14. The van der Waals surface area contributed by atoms with E-state index in [0.717, 1.165) is 13.0 Å². The number of benzene rings is 1. The molecule has 0 spiro atoms. The molecule has 1 aliphatic heterocycles. The van der Waals surface area contributed by atoms with Crippen molar-refractivity contribution in [2.45, 2.75) is 39.3 Å². The van der Waals surface area contributed by atoms with Crippen LogP contribution in [0.3, 0.4) is 0 Å². The first-order valence-electron chi connectivity index (χ1n) is 7.64. The van der Waals surface area contributed by atoms with Gasteiger partial charge in [-0.25, -0.2) is 8.78 Å². The molecule has 2 rings (SSSR count). The molecular weight excluding hydrogens is 274 g/mol. The van der Waals surface area contributed by atoms with Crippen molar-refractivity contribution < 1.29 is 13.9 Å². The lowest BCUT2D eigenvalue weighted by molar-refractivity contribution is 0.0966. The third kappa shape index (κ3) is 3.92. The van der Waals surface area contributed by atoms with Crippen LogP contribution in [0, 0.1) is 17.6 Å². The largest absolute Gasteiger partial charge is 0.393 e. The first kappa shape index (κ1) is 16.2. The van der Waals surface area contributed by atoms with Gasteiger partial charge in [0, 0.05) is 19.6 Å². The Morgan fingerprint density at radius 3 is 2.57 bits per heavy atom. The van der Waals surface area contributed by atoms with E-state index in [2.05, 4.69) is 5.32 Å². The zero-order chi connectivity index (χ0) is 15.4. The van der Waals surface area contributed by atoms with Crippen molar-refractivity contribution in [1.82, 2.24) is 5.32 Å². The highest BCUT2D eigenvalue weighted by Crippen LogP contribution is 2.29. The summed E-state index contributed by atoms with van der Waals surface area (Å²) in [7, 11) is 0. The lowest BCUT2D eigenvalue weighted by Crippen LogP contribution is -2.42. The smallest absolute Gasteiger partial charge is 0.149 e. The molecule has 1 saturated heterocycles. The summed E-state index contributed by atoms with van der Waals surface area (Å²) >= 11 is 0. The number of nitrogens with zero attached hydrogens (tertiary/aromatic N) is 1. The fraction of sp³-hybridized carbons (Fsp3) is 0.625. The van der Waals surface area contributed by atoms with Crippen molar-refractivity contribution in [3.8, 4) is 0 Å². The van der Waals surface area contributed by atoms with Crippen molar-refractivity contribution in [2.75, 3.05) is 24.5 Å². The SMILES string of the molecule is CCCNCc1cc(F)c(N2CCC(O)C(C)C2)c(F)c1. The Hall–Kier alpha value is -1.20. The number of aliphatic hydroxyl groups excluding tert-OH is 1. The summed E-state index contributed by atoms with van der Waals surface area (Å²) in [5.74, 6) is -1.03. The zero-order valence-electron chi connectivity index (χ0n) is 12.7. The van der Waals surface area contributed by atoms with Gasteiger partial charge in [-0.15, -0.1) is 0 Å². The second-order valence-corrected chi connectivity index (χ2v) is 5.86. The number of rotatable bonds is 5. The first-order chi connectivity index (χ1) is 10.0. The van der Waals surface area contributed by atoms with Crippen LogP contribution in [-0.4, -0.2) is 30.8 Å². The molecule has 0 aliphatic carbocycles. The van der Waals surface area contributed by atoms with Crippen molar-refractivity contribution in [2.24, 2.45) is 5.92 Å². The van der Waals surface area contributed by atoms with Crippen LogP contribution in [0.25, 0.3) is 0 Å². The Morgan fingerprint density at radius 1 is 1.33 bits per heavy atom. The third-order valence-corrected chi connectivity index (χ3v) is 4.01. The molecule has 1 aromatic rings. The lowest BCUT2D eigenvalue weighted by Gasteiger charge is -2.36. The summed E-state index contributed by atoms with van der Waals surface area (Å²) in [5, 5.41) is 12.9. The van der Waals surface area contributed by atoms with Gasteiger partial charge in [0.15, 0.2) is 0 Å². The van der Waals surface area contributed by atoms with Gasteiger partial charge in [0.1, 0.15) is 17.3 Å². The molecule has 1 fully saturated rings. The Kier molecular flexibility index (Phi) is 5.53. The van der Waals surface area contributed by atoms with Crippen LogP contribution in [0.5, 0.6) is 0 Å². The molecular formula is C16H24F2N2O. The van der Waals surface area contributed by atoms with E-state index in [0.29, 0.717) is 31.6 Å². The quantitative estimate of drug-likeness (QED) is 0.820. The van der Waals surface area contributed by atoms with Gasteiger partial charge in [-0.1, -0.05) is 13.8 Å². The van der Waals surface area contributed by atoms with Gasteiger partial charge in [-0.3, -0.25) is 0 Å². The monoisotopic (exact) mass is 298 g/mol. The van der Waals surface area contributed by atoms with Crippen LogP contribution in [0.15, 0.2) is 12.1 Å². The van der Waals surface area contributed by atoms with Crippen LogP contribution in [0.1, 0.15) is 32.3 Å². The number of hydrogen-bond donors (Lipinski definition) is 2. The molecule has 3 nitrogen and oxygen atoms in total. The summed E-state index contributed by atoms with van der Waals surface area (Å²) < 4.78 is 28.5. The van der Waals surface area contributed by atoms with E-state index in [1.54, 1.807) is 4.90 Å². The number of hydrogen-bond acceptors (Lipinski definition) is 3. The highest BCUT2D eigenvalue weighted by molar-refractivity contribution is 5.51. The zero-order valence-corrected chi connectivity index (χ0v) is 12.7. The fourth-order valence-corrected chi connectivity index (χ4v) is 2.77. The highest BCUT2D eigenvalue weighted by atomic mass is 19.1. The predicted molar refractivity (Wildman–Crippen MR) is 80.4 cm³/mol. The Bertz CT molecular complexity index is 458. The minimum Gasteiger partial charge on any atom is -0.393 e. The molecule has 0 bridgehead atoms. The maximum Gasteiger partial charge on any atom is 0.149 e. The van der Waals surface area contributed by atoms with Gasteiger partial charge in [0.05, 0.1) is 6.10 Å². The first-order valence-corrected chi connectivity index (χ1v) is 7.64. The molecule has 1 aliphatic rings. The number of anilines is 1. The van der Waals surface area contributed by atoms with Crippen molar-refractivity contribution >= 4 is 5.69 Å². The number of nitrogens with one attached hydrogen (secondary N) is 1. The summed E-state index contributed by atoms with van der Waals surface area (Å²) in [5.41, 5.74) is 0.653. The van der Waals surface area contributed by atoms with Gasteiger partial charge in [-0.05, 0) is 43.0 Å². The molecule has 2 atom stereocenters. The fourth-order valence-electron chi connectivity index (χ4n) is 2.77. The van der Waals surface area contributed by atoms with Gasteiger partial charge in [0.25, 0.3) is 0 Å². The third-order valence-electron chi connectivity index (χ3n) is 4.01. The van der Waals surface area contributed by atoms with E-state index < -0.39 is 11.6 Å². The van der Waals surface area contributed by atoms with E-state index in [9.17, 15) is 13.9 Å². The average Bonchev–Trinajstić information content (AvgIpc) is 2.42. The van der Waals surface area contributed by atoms with Crippen LogP contribution >= 0.6 is 0 Å². The van der Waals surface area contributed by atoms with Gasteiger partial charge in [0.2, 0.25) is 0 Å². The Morgan fingerprint density at radius 2 is 2.00 bits per heavy atom. The molecule has 1 heterocycles. The van der Waals surface area contributed by atoms with Crippen LogP contribution < -0.4 is 10.2 Å². The minimum absolute atomic E-state index is 0.0171. The Balaban J connectivity index is 2.13. The molecule has 0 amide bonds. The minimum atomic E-state index is -0.521. The van der Waals surface area contributed by atoms with E-state index >= 15 is 0 Å². The van der Waals surface area contributed by atoms with Crippen molar-refractivity contribution in [3.63, 3.8) is 0 Å². The van der Waals surface area contributed by atoms with Gasteiger partial charge < -0.3 is 15.3 Å². The summed E-state index contributed by atoms with van der Waals surface area (Å²) in [6.45, 7) is 6.19. The molecule has 21 heavy (non-hydrogen) atoms. The molecule has 2 unspecified atom stereocenters. The number of halogens is 2. The molecule has 0 radical (unpaired) electrons. The number of piperidine rings is 1. The van der Waals surface area contributed by atoms with Crippen molar-refractivity contribution in [3.05, 3.63) is 29.3 Å². The van der Waals surface area contributed by atoms with E-state index in [4.69, 9.17) is 0 Å². The maximum atomic E-state index is 14.3. The standard InChI is InChI=1S/C16H24F2N2O/c1-3-5-19-9-12-7-13(17)16(14(18)8-12)20-6-4-15(21)11(2)10-20/h7-8,11,15,19,21H,3-6,9-10H2,1-2H3.